The topological polar surface area (TPSA) is 46.9 Å². The summed E-state index contributed by atoms with van der Waals surface area (Å²) in [5.74, 6) is 0.223. The molecule has 0 aliphatic heterocycles. The van der Waals surface area contributed by atoms with E-state index in [2.05, 4.69) is 22.6 Å². The van der Waals surface area contributed by atoms with E-state index < -0.39 is 0 Å². The number of allylic oxidation sites excluding steroid dienone is 2. The molecule has 1 N–H and O–H groups in total. The monoisotopic (exact) mass is 281 g/mol. The third-order valence-corrected chi connectivity index (χ3v) is 3.74. The van der Waals surface area contributed by atoms with Crippen LogP contribution in [-0.2, 0) is 11.3 Å². The van der Waals surface area contributed by atoms with E-state index in [1.54, 1.807) is 6.20 Å². The second-order valence-electron chi connectivity index (χ2n) is 5.37. The van der Waals surface area contributed by atoms with Gasteiger partial charge in [0, 0.05) is 24.0 Å². The van der Waals surface area contributed by atoms with Crippen molar-refractivity contribution in [3.05, 3.63) is 60.4 Å². The van der Waals surface area contributed by atoms with Crippen LogP contribution in [0.1, 0.15) is 24.8 Å². The predicted octanol–water partition coefficient (Wildman–Crippen LogP) is 3.23. The normalized spacial score (nSPS) is 17.6. The molecule has 1 aliphatic carbocycles. The van der Waals surface area contributed by atoms with Crippen LogP contribution in [0.2, 0.25) is 0 Å². The van der Waals surface area contributed by atoms with E-state index in [1.165, 1.54) is 0 Å². The van der Waals surface area contributed by atoms with Crippen LogP contribution in [0.5, 0.6) is 0 Å². The molecule has 1 aromatic carbocycles. The number of rotatable bonds is 4. The fourth-order valence-electron chi connectivity index (χ4n) is 2.60. The highest BCUT2D eigenvalue weighted by Crippen LogP contribution is 2.20. The van der Waals surface area contributed by atoms with Gasteiger partial charge in [-0.2, -0.15) is 5.10 Å². The Morgan fingerprint density at radius 2 is 2.29 bits per heavy atom. The SMILES string of the molecule is O=C(Nc1cccc(Cn2cccn2)c1)C1CC=CCC1. The van der Waals surface area contributed by atoms with E-state index in [-0.39, 0.29) is 11.8 Å². The van der Waals surface area contributed by atoms with Gasteiger partial charge >= 0.3 is 0 Å². The van der Waals surface area contributed by atoms with Crippen molar-refractivity contribution in [3.63, 3.8) is 0 Å². The minimum atomic E-state index is 0.102. The van der Waals surface area contributed by atoms with Crippen LogP contribution in [0.3, 0.4) is 0 Å². The molecule has 0 spiro atoms. The molecule has 21 heavy (non-hydrogen) atoms. The summed E-state index contributed by atoms with van der Waals surface area (Å²) < 4.78 is 1.87. The maximum atomic E-state index is 12.2. The van der Waals surface area contributed by atoms with Crippen LogP contribution in [-0.4, -0.2) is 15.7 Å². The molecule has 0 fully saturated rings. The summed E-state index contributed by atoms with van der Waals surface area (Å²) >= 11 is 0. The first-order chi connectivity index (χ1) is 10.3. The van der Waals surface area contributed by atoms with Gasteiger partial charge in [-0.05, 0) is 43.0 Å². The van der Waals surface area contributed by atoms with E-state index in [0.29, 0.717) is 6.54 Å². The fraction of sp³-hybridized carbons (Fsp3) is 0.294. The lowest BCUT2D eigenvalue weighted by Crippen LogP contribution is -2.23. The quantitative estimate of drug-likeness (QED) is 0.875. The zero-order chi connectivity index (χ0) is 14.5. The molecular weight excluding hydrogens is 262 g/mol. The summed E-state index contributed by atoms with van der Waals surface area (Å²) in [5, 5.41) is 7.23. The molecule has 0 bridgehead atoms. The summed E-state index contributed by atoms with van der Waals surface area (Å²) in [6.45, 7) is 0.711. The van der Waals surface area contributed by atoms with Gasteiger partial charge in [0.1, 0.15) is 0 Å². The molecule has 108 valence electrons. The van der Waals surface area contributed by atoms with Gasteiger partial charge in [0.05, 0.1) is 6.54 Å². The average Bonchev–Trinajstić information content (AvgIpc) is 3.01. The highest BCUT2D eigenvalue weighted by molar-refractivity contribution is 5.92. The summed E-state index contributed by atoms with van der Waals surface area (Å²) in [5.41, 5.74) is 1.99. The fourth-order valence-corrected chi connectivity index (χ4v) is 2.60. The number of carbonyl (C=O) groups excluding carboxylic acids is 1. The number of hydrogen-bond acceptors (Lipinski definition) is 2. The third kappa shape index (κ3) is 3.60. The molecule has 0 saturated heterocycles. The first kappa shape index (κ1) is 13.6. The van der Waals surface area contributed by atoms with Crippen molar-refractivity contribution < 1.29 is 4.79 Å². The van der Waals surface area contributed by atoms with Crippen LogP contribution in [0.25, 0.3) is 0 Å². The smallest absolute Gasteiger partial charge is 0.227 e. The van der Waals surface area contributed by atoms with Gasteiger partial charge in [-0.3, -0.25) is 9.48 Å². The van der Waals surface area contributed by atoms with Crippen molar-refractivity contribution >= 4 is 11.6 Å². The summed E-state index contributed by atoms with van der Waals surface area (Å²) in [4.78, 5) is 12.2. The number of benzene rings is 1. The van der Waals surface area contributed by atoms with Crippen LogP contribution in [0, 0.1) is 5.92 Å². The standard InChI is InChI=1S/C17H19N3O/c21-17(15-7-2-1-3-8-15)19-16-9-4-6-14(12-16)13-20-11-5-10-18-20/h1-2,4-6,9-12,15H,3,7-8,13H2,(H,19,21). The summed E-state index contributed by atoms with van der Waals surface area (Å²) in [7, 11) is 0. The van der Waals surface area contributed by atoms with E-state index >= 15 is 0 Å². The molecule has 1 amide bonds. The third-order valence-electron chi connectivity index (χ3n) is 3.74. The number of hydrogen-bond donors (Lipinski definition) is 1. The van der Waals surface area contributed by atoms with Crippen molar-refractivity contribution in [2.24, 2.45) is 5.92 Å². The Hall–Kier alpha value is -2.36. The van der Waals surface area contributed by atoms with Gasteiger partial charge in [0.2, 0.25) is 5.91 Å². The number of anilines is 1. The maximum Gasteiger partial charge on any atom is 0.227 e. The first-order valence-electron chi connectivity index (χ1n) is 7.33. The number of nitrogens with one attached hydrogen (secondary N) is 1. The van der Waals surface area contributed by atoms with Crippen molar-refractivity contribution in [2.45, 2.75) is 25.8 Å². The number of amides is 1. The zero-order valence-corrected chi connectivity index (χ0v) is 11.9. The van der Waals surface area contributed by atoms with Crippen LogP contribution < -0.4 is 5.32 Å². The van der Waals surface area contributed by atoms with E-state index in [1.807, 2.05) is 41.2 Å². The molecule has 1 aliphatic rings. The van der Waals surface area contributed by atoms with Gasteiger partial charge in [-0.25, -0.2) is 0 Å². The zero-order valence-electron chi connectivity index (χ0n) is 11.9. The highest BCUT2D eigenvalue weighted by atomic mass is 16.1. The lowest BCUT2D eigenvalue weighted by Gasteiger charge is -2.17. The Bertz CT molecular complexity index is 631. The molecule has 4 heteroatoms. The first-order valence-corrected chi connectivity index (χ1v) is 7.33. The summed E-state index contributed by atoms with van der Waals surface area (Å²) in [6, 6.07) is 9.86. The second-order valence-corrected chi connectivity index (χ2v) is 5.37. The molecule has 1 unspecified atom stereocenters. The largest absolute Gasteiger partial charge is 0.326 e. The van der Waals surface area contributed by atoms with E-state index in [9.17, 15) is 4.79 Å². The number of aromatic nitrogens is 2. The Kier molecular flexibility index (Phi) is 4.15. The van der Waals surface area contributed by atoms with Crippen molar-refractivity contribution in [2.75, 3.05) is 5.32 Å². The Balaban J connectivity index is 1.65. The average molecular weight is 281 g/mol. The molecule has 1 atom stereocenters. The van der Waals surface area contributed by atoms with Gasteiger partial charge in [0.25, 0.3) is 0 Å². The van der Waals surface area contributed by atoms with E-state index in [0.717, 1.165) is 30.5 Å². The molecule has 1 heterocycles. The number of carbonyl (C=O) groups is 1. The molecule has 3 rings (SSSR count). The molecule has 0 saturated carbocycles. The number of nitrogens with zero attached hydrogens (tertiary/aromatic N) is 2. The van der Waals surface area contributed by atoms with Crippen LogP contribution >= 0.6 is 0 Å². The van der Waals surface area contributed by atoms with Gasteiger partial charge in [-0.15, -0.1) is 0 Å². The molecule has 1 aromatic heterocycles. The predicted molar refractivity (Wildman–Crippen MR) is 82.9 cm³/mol. The molecular formula is C17H19N3O. The van der Waals surface area contributed by atoms with Crippen molar-refractivity contribution in [1.29, 1.82) is 0 Å². The second kappa shape index (κ2) is 6.39. The lowest BCUT2D eigenvalue weighted by molar-refractivity contribution is -0.120. The van der Waals surface area contributed by atoms with Crippen molar-refractivity contribution in [3.8, 4) is 0 Å². The van der Waals surface area contributed by atoms with Gasteiger partial charge < -0.3 is 5.32 Å². The van der Waals surface area contributed by atoms with Gasteiger partial charge in [0.15, 0.2) is 0 Å². The minimum Gasteiger partial charge on any atom is -0.326 e. The minimum absolute atomic E-state index is 0.102. The van der Waals surface area contributed by atoms with E-state index in [4.69, 9.17) is 0 Å². The Labute approximate surface area is 124 Å². The molecule has 2 aromatic rings. The molecule has 0 radical (unpaired) electrons. The van der Waals surface area contributed by atoms with Crippen LogP contribution in [0.4, 0.5) is 5.69 Å². The van der Waals surface area contributed by atoms with Crippen molar-refractivity contribution in [1.82, 2.24) is 9.78 Å². The summed E-state index contributed by atoms with van der Waals surface area (Å²) in [6.07, 6.45) is 10.7. The van der Waals surface area contributed by atoms with Gasteiger partial charge in [-0.1, -0.05) is 24.3 Å². The Morgan fingerprint density at radius 1 is 1.33 bits per heavy atom. The highest BCUT2D eigenvalue weighted by Gasteiger charge is 2.18. The maximum absolute atomic E-state index is 12.2. The lowest BCUT2D eigenvalue weighted by atomic mass is 9.93. The molecule has 4 nitrogen and oxygen atoms in total. The van der Waals surface area contributed by atoms with Crippen LogP contribution in [0.15, 0.2) is 54.9 Å². The Morgan fingerprint density at radius 3 is 3.05 bits per heavy atom.